The summed E-state index contributed by atoms with van der Waals surface area (Å²) in [7, 11) is 0. The lowest BCUT2D eigenvalue weighted by Gasteiger charge is -2.19. The van der Waals surface area contributed by atoms with Crippen molar-refractivity contribution in [2.45, 2.75) is 13.0 Å². The monoisotopic (exact) mass is 240 g/mol. The van der Waals surface area contributed by atoms with Crippen molar-refractivity contribution in [3.05, 3.63) is 28.8 Å². The summed E-state index contributed by atoms with van der Waals surface area (Å²) in [5.41, 5.74) is 7.63. The van der Waals surface area contributed by atoms with Crippen LogP contribution in [-0.2, 0) is 11.3 Å². The van der Waals surface area contributed by atoms with Crippen LogP contribution in [0.3, 0.4) is 0 Å². The summed E-state index contributed by atoms with van der Waals surface area (Å²) < 4.78 is 5.42. The molecule has 1 aliphatic heterocycles. The van der Waals surface area contributed by atoms with Crippen LogP contribution in [0, 0.1) is 0 Å². The predicted octanol–water partition coefficient (Wildman–Crippen LogP) is 2.14. The number of nitrogens with zero attached hydrogens (tertiary/aromatic N) is 1. The highest BCUT2D eigenvalue weighted by atomic mass is 35.5. The fraction of sp³-hybridized carbons (Fsp3) is 0.500. The van der Waals surface area contributed by atoms with Crippen LogP contribution in [0.15, 0.2) is 18.2 Å². The van der Waals surface area contributed by atoms with Gasteiger partial charge in [0.25, 0.3) is 0 Å². The summed E-state index contributed by atoms with van der Waals surface area (Å²) in [5.74, 6) is 0. The summed E-state index contributed by atoms with van der Waals surface area (Å²) >= 11 is 6.14. The van der Waals surface area contributed by atoms with Gasteiger partial charge in [0.1, 0.15) is 0 Å². The van der Waals surface area contributed by atoms with Crippen LogP contribution >= 0.6 is 11.6 Å². The standard InChI is InChI=1S/C12H17ClN2O/c13-12-3-2-11(14)8-10(12)9-15-4-1-6-16-7-5-15/h2-3,8H,1,4-7,9,14H2. The summed E-state index contributed by atoms with van der Waals surface area (Å²) in [4.78, 5) is 2.35. The first-order valence-electron chi connectivity index (χ1n) is 5.60. The van der Waals surface area contributed by atoms with Crippen LogP contribution in [-0.4, -0.2) is 31.2 Å². The zero-order valence-electron chi connectivity index (χ0n) is 9.29. The molecule has 1 fully saturated rings. The van der Waals surface area contributed by atoms with Crippen molar-refractivity contribution in [2.75, 3.05) is 32.0 Å². The second kappa shape index (κ2) is 5.53. The van der Waals surface area contributed by atoms with Crippen molar-refractivity contribution in [2.24, 2.45) is 0 Å². The van der Waals surface area contributed by atoms with Crippen molar-refractivity contribution < 1.29 is 4.74 Å². The van der Waals surface area contributed by atoms with E-state index in [-0.39, 0.29) is 0 Å². The van der Waals surface area contributed by atoms with E-state index in [4.69, 9.17) is 22.1 Å². The van der Waals surface area contributed by atoms with Gasteiger partial charge in [-0.05, 0) is 30.2 Å². The molecule has 16 heavy (non-hydrogen) atoms. The van der Waals surface area contributed by atoms with E-state index in [1.54, 1.807) is 0 Å². The second-order valence-electron chi connectivity index (χ2n) is 4.09. The highest BCUT2D eigenvalue weighted by Crippen LogP contribution is 2.20. The molecule has 1 aromatic rings. The van der Waals surface area contributed by atoms with E-state index in [9.17, 15) is 0 Å². The smallest absolute Gasteiger partial charge is 0.0593 e. The molecule has 4 heteroatoms. The van der Waals surface area contributed by atoms with Gasteiger partial charge in [0.2, 0.25) is 0 Å². The largest absolute Gasteiger partial charge is 0.399 e. The second-order valence-corrected chi connectivity index (χ2v) is 4.50. The maximum absolute atomic E-state index is 6.14. The Bertz CT molecular complexity index is 349. The minimum absolute atomic E-state index is 0.769. The van der Waals surface area contributed by atoms with E-state index in [1.165, 1.54) is 0 Å². The number of hydrogen-bond acceptors (Lipinski definition) is 3. The maximum Gasteiger partial charge on any atom is 0.0593 e. The molecule has 0 atom stereocenters. The summed E-state index contributed by atoms with van der Waals surface area (Å²) in [6.45, 7) is 4.55. The third-order valence-electron chi connectivity index (χ3n) is 2.78. The zero-order chi connectivity index (χ0) is 11.4. The number of nitrogen functional groups attached to an aromatic ring is 1. The van der Waals surface area contributed by atoms with E-state index < -0.39 is 0 Å². The summed E-state index contributed by atoms with van der Waals surface area (Å²) in [6, 6.07) is 5.64. The van der Waals surface area contributed by atoms with E-state index in [0.29, 0.717) is 0 Å². The summed E-state index contributed by atoms with van der Waals surface area (Å²) in [6.07, 6.45) is 1.08. The molecule has 0 aliphatic carbocycles. The van der Waals surface area contributed by atoms with Gasteiger partial charge >= 0.3 is 0 Å². The van der Waals surface area contributed by atoms with Crippen LogP contribution in [0.4, 0.5) is 5.69 Å². The molecule has 0 radical (unpaired) electrons. The SMILES string of the molecule is Nc1ccc(Cl)c(CN2CCCOCC2)c1. The average Bonchev–Trinajstić information content (AvgIpc) is 2.52. The van der Waals surface area contributed by atoms with Gasteiger partial charge in [-0.25, -0.2) is 0 Å². The van der Waals surface area contributed by atoms with Crippen LogP contribution in [0.1, 0.15) is 12.0 Å². The Balaban J connectivity index is 2.04. The van der Waals surface area contributed by atoms with Gasteiger partial charge in [-0.2, -0.15) is 0 Å². The lowest BCUT2D eigenvalue weighted by Crippen LogP contribution is -2.26. The Hall–Kier alpha value is -0.770. The molecule has 0 aromatic heterocycles. The van der Waals surface area contributed by atoms with E-state index in [1.807, 2.05) is 18.2 Å². The first-order chi connectivity index (χ1) is 7.75. The molecule has 88 valence electrons. The molecular formula is C12H17ClN2O. The molecule has 1 heterocycles. The van der Waals surface area contributed by atoms with Crippen molar-refractivity contribution >= 4 is 17.3 Å². The van der Waals surface area contributed by atoms with Crippen molar-refractivity contribution in [1.82, 2.24) is 4.90 Å². The van der Waals surface area contributed by atoms with Gasteiger partial charge in [-0.15, -0.1) is 0 Å². The van der Waals surface area contributed by atoms with Crippen molar-refractivity contribution in [3.63, 3.8) is 0 Å². The van der Waals surface area contributed by atoms with Crippen molar-refractivity contribution in [3.8, 4) is 0 Å². The predicted molar refractivity (Wildman–Crippen MR) is 66.6 cm³/mol. The third kappa shape index (κ3) is 3.11. The number of halogens is 1. The van der Waals surface area contributed by atoms with Gasteiger partial charge in [0, 0.05) is 37.0 Å². The van der Waals surface area contributed by atoms with Gasteiger partial charge in [-0.1, -0.05) is 11.6 Å². The molecule has 0 bridgehead atoms. The Morgan fingerprint density at radius 1 is 1.31 bits per heavy atom. The maximum atomic E-state index is 6.14. The highest BCUT2D eigenvalue weighted by Gasteiger charge is 2.11. The molecule has 1 saturated heterocycles. The molecule has 3 nitrogen and oxygen atoms in total. The first kappa shape index (κ1) is 11.7. The molecule has 0 unspecified atom stereocenters. The Morgan fingerprint density at radius 3 is 3.06 bits per heavy atom. The van der Waals surface area contributed by atoms with Gasteiger partial charge in [0.05, 0.1) is 6.61 Å². The van der Waals surface area contributed by atoms with Crippen molar-refractivity contribution in [1.29, 1.82) is 0 Å². The Labute approximate surface area is 101 Å². The number of nitrogens with two attached hydrogens (primary N) is 1. The molecule has 1 aliphatic rings. The molecule has 0 saturated carbocycles. The quantitative estimate of drug-likeness (QED) is 0.805. The number of hydrogen-bond donors (Lipinski definition) is 1. The van der Waals surface area contributed by atoms with Crippen LogP contribution in [0.2, 0.25) is 5.02 Å². The minimum Gasteiger partial charge on any atom is -0.399 e. The summed E-state index contributed by atoms with van der Waals surface area (Å²) in [5, 5.41) is 0.791. The lowest BCUT2D eigenvalue weighted by atomic mass is 10.2. The molecule has 0 spiro atoms. The van der Waals surface area contributed by atoms with E-state index in [2.05, 4.69) is 4.90 Å². The zero-order valence-corrected chi connectivity index (χ0v) is 10.0. The fourth-order valence-corrected chi connectivity index (χ4v) is 2.09. The van der Waals surface area contributed by atoms with Gasteiger partial charge in [-0.3, -0.25) is 4.90 Å². The molecular weight excluding hydrogens is 224 g/mol. The Morgan fingerprint density at radius 2 is 2.19 bits per heavy atom. The normalized spacial score (nSPS) is 18.3. The van der Waals surface area contributed by atoms with E-state index >= 15 is 0 Å². The lowest BCUT2D eigenvalue weighted by molar-refractivity contribution is 0.140. The van der Waals surface area contributed by atoms with E-state index in [0.717, 1.165) is 55.5 Å². The van der Waals surface area contributed by atoms with Gasteiger partial charge < -0.3 is 10.5 Å². The number of benzene rings is 1. The Kier molecular flexibility index (Phi) is 4.04. The molecule has 1 aromatic carbocycles. The average molecular weight is 241 g/mol. The fourth-order valence-electron chi connectivity index (χ4n) is 1.91. The highest BCUT2D eigenvalue weighted by molar-refractivity contribution is 6.31. The number of rotatable bonds is 2. The van der Waals surface area contributed by atoms with Gasteiger partial charge in [0.15, 0.2) is 0 Å². The molecule has 2 N–H and O–H groups in total. The van der Waals surface area contributed by atoms with Crippen LogP contribution in [0.5, 0.6) is 0 Å². The number of ether oxygens (including phenoxy) is 1. The third-order valence-corrected chi connectivity index (χ3v) is 3.15. The van der Waals surface area contributed by atoms with Crippen LogP contribution < -0.4 is 5.73 Å². The van der Waals surface area contributed by atoms with Crippen LogP contribution in [0.25, 0.3) is 0 Å². The molecule has 2 rings (SSSR count). The minimum atomic E-state index is 0.769. The number of anilines is 1. The molecule has 0 amide bonds. The first-order valence-corrected chi connectivity index (χ1v) is 5.97. The topological polar surface area (TPSA) is 38.5 Å².